The minimum Gasteiger partial charge on any atom is -0.382 e. The number of imidazole rings is 1. The maximum absolute atomic E-state index is 14.2. The number of hydrogen-bond donors (Lipinski definition) is 3. The molecule has 0 bridgehead atoms. The van der Waals surface area contributed by atoms with E-state index >= 15 is 0 Å². The third-order valence-corrected chi connectivity index (χ3v) is 9.40. The average molecular weight is 617 g/mol. The summed E-state index contributed by atoms with van der Waals surface area (Å²) in [4.78, 5) is 9.71. The molecule has 4 N–H and O–H groups in total. The fourth-order valence-electron chi connectivity index (χ4n) is 5.95. The molecule has 3 aromatic carbocycles. The standard InChI is InChI=1S/C33H34F2N6O2S/c1-19(2)33-39-30(31-32(36)38-17-29(41(31)33)20-8-11-23(37-3)12-9-20)26-13-15-28(25-7-5-4-6-24(25)26)40-44(42,43)18-21-16-22(34)10-14-27(21)35/h4-8,10,13-17,19,23,37,40H,9,11-12,18H2,1-3H3,(H2,36,38). The quantitative estimate of drug-likeness (QED) is 0.180. The zero-order valence-electron chi connectivity index (χ0n) is 24.7. The van der Waals surface area contributed by atoms with Crippen molar-refractivity contribution in [2.75, 3.05) is 17.5 Å². The molecule has 1 unspecified atom stereocenters. The Morgan fingerprint density at radius 2 is 1.86 bits per heavy atom. The van der Waals surface area contributed by atoms with Gasteiger partial charge in [-0.3, -0.25) is 9.12 Å². The molecule has 2 aromatic heterocycles. The highest BCUT2D eigenvalue weighted by Crippen LogP contribution is 2.40. The van der Waals surface area contributed by atoms with Crippen LogP contribution in [0.3, 0.4) is 0 Å². The van der Waals surface area contributed by atoms with Crippen molar-refractivity contribution in [2.24, 2.45) is 0 Å². The molecule has 8 nitrogen and oxygen atoms in total. The van der Waals surface area contributed by atoms with Crippen LogP contribution in [0.4, 0.5) is 20.3 Å². The van der Waals surface area contributed by atoms with E-state index in [-0.39, 0.29) is 11.5 Å². The van der Waals surface area contributed by atoms with Gasteiger partial charge in [0.1, 0.15) is 34.5 Å². The lowest BCUT2D eigenvalue weighted by Crippen LogP contribution is -2.26. The number of rotatable bonds is 8. The number of anilines is 2. The largest absolute Gasteiger partial charge is 0.382 e. The Balaban J connectivity index is 1.47. The summed E-state index contributed by atoms with van der Waals surface area (Å²) in [6.07, 6.45) is 6.91. The van der Waals surface area contributed by atoms with E-state index in [4.69, 9.17) is 10.7 Å². The number of allylic oxidation sites excluding steroid dienone is 1. The Morgan fingerprint density at radius 3 is 2.57 bits per heavy atom. The zero-order valence-corrected chi connectivity index (χ0v) is 25.6. The molecule has 1 aliphatic rings. The Labute approximate surface area is 255 Å². The molecule has 228 valence electrons. The van der Waals surface area contributed by atoms with E-state index in [0.717, 1.165) is 59.9 Å². The number of benzene rings is 3. The molecule has 0 saturated heterocycles. The van der Waals surface area contributed by atoms with Crippen molar-refractivity contribution in [3.05, 3.63) is 95.6 Å². The van der Waals surface area contributed by atoms with E-state index in [1.165, 1.54) is 5.57 Å². The topological polar surface area (TPSA) is 114 Å². The van der Waals surface area contributed by atoms with E-state index < -0.39 is 27.4 Å². The molecule has 44 heavy (non-hydrogen) atoms. The predicted octanol–water partition coefficient (Wildman–Crippen LogP) is 6.63. The summed E-state index contributed by atoms with van der Waals surface area (Å²) >= 11 is 0. The normalized spacial score (nSPS) is 15.7. The maximum atomic E-state index is 14.2. The fraction of sp³-hybridized carbons (Fsp3) is 0.273. The number of aromatic nitrogens is 3. The second kappa shape index (κ2) is 11.6. The van der Waals surface area contributed by atoms with Crippen molar-refractivity contribution in [1.29, 1.82) is 0 Å². The van der Waals surface area contributed by atoms with Crippen LogP contribution in [0, 0.1) is 11.6 Å². The van der Waals surface area contributed by atoms with E-state index in [1.807, 2.05) is 31.4 Å². The van der Waals surface area contributed by atoms with Crippen LogP contribution in [0.2, 0.25) is 0 Å². The van der Waals surface area contributed by atoms with Gasteiger partial charge in [-0.05, 0) is 67.6 Å². The van der Waals surface area contributed by atoms with E-state index in [0.29, 0.717) is 34.1 Å². The van der Waals surface area contributed by atoms with Gasteiger partial charge in [0.05, 0.1) is 23.3 Å². The second-order valence-corrected chi connectivity index (χ2v) is 13.2. The van der Waals surface area contributed by atoms with E-state index in [1.54, 1.807) is 18.2 Å². The molecule has 1 aliphatic carbocycles. The summed E-state index contributed by atoms with van der Waals surface area (Å²) in [6.45, 7) is 4.17. The molecule has 0 radical (unpaired) electrons. The van der Waals surface area contributed by atoms with Gasteiger partial charge in [0.15, 0.2) is 0 Å². The number of halogens is 2. The minimum absolute atomic E-state index is 0.0756. The first kappa shape index (κ1) is 29.7. The van der Waals surface area contributed by atoms with Crippen LogP contribution in [0.25, 0.3) is 33.1 Å². The van der Waals surface area contributed by atoms with Crippen LogP contribution in [-0.2, 0) is 15.8 Å². The van der Waals surface area contributed by atoms with Gasteiger partial charge in [0.2, 0.25) is 10.0 Å². The van der Waals surface area contributed by atoms with Crippen molar-refractivity contribution < 1.29 is 17.2 Å². The molecule has 0 aliphatic heterocycles. The smallest absolute Gasteiger partial charge is 0.237 e. The van der Waals surface area contributed by atoms with Gasteiger partial charge in [-0.25, -0.2) is 27.2 Å². The first-order chi connectivity index (χ1) is 21.1. The summed E-state index contributed by atoms with van der Waals surface area (Å²) in [7, 11) is -2.10. The summed E-state index contributed by atoms with van der Waals surface area (Å²) in [5, 5.41) is 4.73. The lowest BCUT2D eigenvalue weighted by molar-refractivity contribution is 0.522. The highest BCUT2D eigenvalue weighted by Gasteiger charge is 2.25. The SMILES string of the molecule is CNC1CC=C(c2cnc(N)c3c(-c4ccc(NS(=O)(=O)Cc5cc(F)ccc5F)c5ccccc45)nc(C(C)C)n23)CC1. The average Bonchev–Trinajstić information content (AvgIpc) is 3.41. The number of nitrogens with zero attached hydrogens (tertiary/aromatic N) is 3. The number of nitrogen functional groups attached to an aromatic ring is 1. The Kier molecular flexibility index (Phi) is 7.85. The summed E-state index contributed by atoms with van der Waals surface area (Å²) in [6, 6.07) is 14.0. The zero-order chi connectivity index (χ0) is 31.2. The second-order valence-electron chi connectivity index (χ2n) is 11.5. The summed E-state index contributed by atoms with van der Waals surface area (Å²) in [5.74, 6) is -0.947. The summed E-state index contributed by atoms with van der Waals surface area (Å²) in [5.41, 5.74) is 10.9. The van der Waals surface area contributed by atoms with E-state index in [2.05, 4.69) is 39.3 Å². The Bertz CT molecular complexity index is 2040. The van der Waals surface area contributed by atoms with Crippen LogP contribution < -0.4 is 15.8 Å². The molecule has 0 amide bonds. The number of nitrogens with one attached hydrogen (secondary N) is 2. The Morgan fingerprint density at radius 1 is 1.09 bits per heavy atom. The summed E-state index contributed by atoms with van der Waals surface area (Å²) < 4.78 is 58.9. The van der Waals surface area contributed by atoms with Gasteiger partial charge in [-0.15, -0.1) is 0 Å². The highest BCUT2D eigenvalue weighted by molar-refractivity contribution is 7.91. The van der Waals surface area contributed by atoms with Crippen molar-refractivity contribution >= 4 is 43.4 Å². The molecule has 1 atom stereocenters. The van der Waals surface area contributed by atoms with Crippen molar-refractivity contribution in [1.82, 2.24) is 19.7 Å². The third-order valence-electron chi connectivity index (χ3n) is 8.18. The first-order valence-electron chi connectivity index (χ1n) is 14.6. The van der Waals surface area contributed by atoms with Gasteiger partial charge < -0.3 is 11.1 Å². The van der Waals surface area contributed by atoms with Crippen LogP contribution in [0.15, 0.2) is 66.9 Å². The van der Waals surface area contributed by atoms with Crippen LogP contribution in [0.1, 0.15) is 56.1 Å². The fourth-order valence-corrected chi connectivity index (χ4v) is 7.17. The monoisotopic (exact) mass is 616 g/mol. The maximum Gasteiger partial charge on any atom is 0.237 e. The number of fused-ring (bicyclic) bond motifs is 2. The number of sulfonamides is 1. The molecular formula is C33H34F2N6O2S. The molecule has 11 heteroatoms. The van der Waals surface area contributed by atoms with Crippen LogP contribution in [-0.4, -0.2) is 35.9 Å². The lowest BCUT2D eigenvalue weighted by atomic mass is 9.93. The van der Waals surface area contributed by atoms with Gasteiger partial charge >= 0.3 is 0 Å². The van der Waals surface area contributed by atoms with E-state index in [9.17, 15) is 17.2 Å². The molecule has 2 heterocycles. The molecule has 0 saturated carbocycles. The highest BCUT2D eigenvalue weighted by atomic mass is 32.2. The number of hydrogen-bond acceptors (Lipinski definition) is 6. The molecule has 0 fully saturated rings. The van der Waals surface area contributed by atoms with Gasteiger partial charge in [0.25, 0.3) is 0 Å². The molecule has 6 rings (SSSR count). The van der Waals surface area contributed by atoms with Crippen LogP contribution in [0.5, 0.6) is 0 Å². The van der Waals surface area contributed by atoms with Crippen LogP contribution >= 0.6 is 0 Å². The third kappa shape index (κ3) is 5.53. The molecular weight excluding hydrogens is 582 g/mol. The number of nitrogens with two attached hydrogens (primary N) is 1. The minimum atomic E-state index is -4.09. The van der Waals surface area contributed by atoms with Gasteiger partial charge in [0, 0.05) is 28.5 Å². The Hall–Kier alpha value is -4.35. The molecule has 5 aromatic rings. The van der Waals surface area contributed by atoms with Crippen molar-refractivity contribution in [3.8, 4) is 11.3 Å². The van der Waals surface area contributed by atoms with Gasteiger partial charge in [-0.2, -0.15) is 0 Å². The lowest BCUT2D eigenvalue weighted by Gasteiger charge is -2.22. The predicted molar refractivity (Wildman–Crippen MR) is 172 cm³/mol. The first-order valence-corrected chi connectivity index (χ1v) is 16.2. The van der Waals surface area contributed by atoms with Crippen molar-refractivity contribution in [2.45, 2.75) is 50.8 Å². The van der Waals surface area contributed by atoms with Crippen molar-refractivity contribution in [3.63, 3.8) is 0 Å². The molecule has 0 spiro atoms. The van der Waals surface area contributed by atoms with Gasteiger partial charge in [-0.1, -0.05) is 44.2 Å².